The summed E-state index contributed by atoms with van der Waals surface area (Å²) in [6, 6.07) is 2.40. The number of hydrogen-bond acceptors (Lipinski definition) is 8. The molecule has 0 aliphatic carbocycles. The molecule has 2 aromatic rings. The Labute approximate surface area is 194 Å². The first-order valence-corrected chi connectivity index (χ1v) is 10.4. The highest BCUT2D eigenvalue weighted by Gasteiger charge is 2.30. The molecule has 0 radical (unpaired) electrons. The van der Waals surface area contributed by atoms with Crippen molar-refractivity contribution in [2.75, 3.05) is 6.54 Å². The third-order valence-electron chi connectivity index (χ3n) is 4.82. The number of aliphatic carboxylic acids is 1. The number of phenolic OH excluding ortho intramolecular Hbond substituents is 1. The molecule has 13 nitrogen and oxygen atoms in total. The molecule has 0 bridgehead atoms. The van der Waals surface area contributed by atoms with Crippen molar-refractivity contribution in [3.05, 3.63) is 48.0 Å². The molecule has 0 unspecified atom stereocenters. The SMILES string of the molecule is C[C@@H](O)[C@H](NC(=O)[C@H](Cc1c[nH]cn1)NC(=O)CNC(=O)[C@@H](N)Cc1ccc(O)cc1)C(=O)O. The fraction of sp³-hybridized carbons (Fsp3) is 0.381. The van der Waals surface area contributed by atoms with Crippen LogP contribution in [0.15, 0.2) is 36.8 Å². The van der Waals surface area contributed by atoms with Crippen LogP contribution in [-0.2, 0) is 32.0 Å². The van der Waals surface area contributed by atoms with E-state index in [-0.39, 0.29) is 18.6 Å². The summed E-state index contributed by atoms with van der Waals surface area (Å²) in [5, 5.41) is 35.1. The zero-order chi connectivity index (χ0) is 25.3. The van der Waals surface area contributed by atoms with E-state index in [2.05, 4.69) is 25.9 Å². The number of nitrogens with two attached hydrogens (primary N) is 1. The van der Waals surface area contributed by atoms with Crippen molar-refractivity contribution < 1.29 is 34.5 Å². The van der Waals surface area contributed by atoms with Crippen LogP contribution >= 0.6 is 0 Å². The van der Waals surface area contributed by atoms with E-state index in [0.29, 0.717) is 11.3 Å². The maximum Gasteiger partial charge on any atom is 0.328 e. The lowest BCUT2D eigenvalue weighted by Gasteiger charge is -2.22. The number of carboxylic acids is 1. The monoisotopic (exact) mass is 476 g/mol. The Morgan fingerprint density at radius 2 is 1.76 bits per heavy atom. The van der Waals surface area contributed by atoms with E-state index in [4.69, 9.17) is 5.73 Å². The number of rotatable bonds is 12. The first kappa shape index (κ1) is 26.3. The second kappa shape index (κ2) is 12.3. The standard InChI is InChI=1S/C21H28N6O7/c1-11(28)18(21(33)34)27-20(32)16(7-13-8-23-10-25-13)26-17(30)9-24-19(31)15(22)6-12-2-4-14(29)5-3-12/h2-5,8,10-11,15-16,18,28-29H,6-7,9,22H2,1H3,(H,23,25)(H,24,31)(H,26,30)(H,27,32)(H,33,34)/t11-,15+,16+,18+/m1/s1. The Morgan fingerprint density at radius 3 is 2.32 bits per heavy atom. The molecular weight excluding hydrogens is 448 g/mol. The second-order valence-corrected chi connectivity index (χ2v) is 7.64. The van der Waals surface area contributed by atoms with Crippen molar-refractivity contribution in [1.29, 1.82) is 0 Å². The number of aliphatic hydroxyl groups is 1. The van der Waals surface area contributed by atoms with E-state index in [1.54, 1.807) is 12.1 Å². The number of benzene rings is 1. The number of aliphatic hydroxyl groups excluding tert-OH is 1. The number of aromatic amines is 1. The van der Waals surface area contributed by atoms with Gasteiger partial charge < -0.3 is 42.0 Å². The van der Waals surface area contributed by atoms with Crippen molar-refractivity contribution in [1.82, 2.24) is 25.9 Å². The van der Waals surface area contributed by atoms with Crippen LogP contribution in [0.2, 0.25) is 0 Å². The zero-order valence-electron chi connectivity index (χ0n) is 18.4. The summed E-state index contributed by atoms with van der Waals surface area (Å²) in [7, 11) is 0. The van der Waals surface area contributed by atoms with Crippen LogP contribution in [0, 0.1) is 0 Å². The van der Waals surface area contributed by atoms with Crippen LogP contribution < -0.4 is 21.7 Å². The molecule has 1 heterocycles. The van der Waals surface area contributed by atoms with E-state index in [1.165, 1.54) is 31.6 Å². The van der Waals surface area contributed by atoms with Gasteiger partial charge in [0.1, 0.15) is 11.8 Å². The minimum atomic E-state index is -1.58. The number of nitrogens with one attached hydrogen (secondary N) is 4. The second-order valence-electron chi connectivity index (χ2n) is 7.64. The molecule has 0 fully saturated rings. The van der Waals surface area contributed by atoms with Gasteiger partial charge in [-0.15, -0.1) is 0 Å². The molecule has 1 aromatic carbocycles. The number of hydrogen-bond donors (Lipinski definition) is 8. The zero-order valence-corrected chi connectivity index (χ0v) is 18.4. The number of carbonyl (C=O) groups excluding carboxylic acids is 3. The van der Waals surface area contributed by atoms with Crippen LogP contribution in [0.5, 0.6) is 5.75 Å². The van der Waals surface area contributed by atoms with Crippen LogP contribution in [0.3, 0.4) is 0 Å². The maximum atomic E-state index is 12.6. The molecule has 4 atom stereocenters. The minimum Gasteiger partial charge on any atom is -0.508 e. The summed E-state index contributed by atoms with van der Waals surface area (Å²) >= 11 is 0. The molecule has 9 N–H and O–H groups in total. The predicted molar refractivity (Wildman–Crippen MR) is 118 cm³/mol. The number of carboxylic acid groups (broad SMARTS) is 1. The molecule has 3 amide bonds. The molecule has 1 aromatic heterocycles. The highest BCUT2D eigenvalue weighted by atomic mass is 16.4. The van der Waals surface area contributed by atoms with Crippen LogP contribution in [0.4, 0.5) is 0 Å². The molecule has 0 saturated heterocycles. The Balaban J connectivity index is 1.95. The van der Waals surface area contributed by atoms with Crippen LogP contribution in [0.25, 0.3) is 0 Å². The number of aromatic nitrogens is 2. The molecule has 0 saturated carbocycles. The van der Waals surface area contributed by atoms with E-state index < -0.39 is 54.5 Å². The summed E-state index contributed by atoms with van der Waals surface area (Å²) < 4.78 is 0. The molecular formula is C21H28N6O7. The molecule has 0 aliphatic rings. The van der Waals surface area contributed by atoms with Gasteiger partial charge in [0.25, 0.3) is 0 Å². The Bertz CT molecular complexity index is 978. The molecule has 0 spiro atoms. The number of phenols is 1. The Kier molecular flexibility index (Phi) is 9.52. The smallest absolute Gasteiger partial charge is 0.328 e. The predicted octanol–water partition coefficient (Wildman–Crippen LogP) is -2.22. The van der Waals surface area contributed by atoms with Crippen molar-refractivity contribution in [2.24, 2.45) is 5.73 Å². The summed E-state index contributed by atoms with van der Waals surface area (Å²) in [6.07, 6.45) is 1.60. The number of amides is 3. The fourth-order valence-corrected chi connectivity index (χ4v) is 2.99. The Hall–Kier alpha value is -3.97. The molecule has 0 aliphatic heterocycles. The lowest BCUT2D eigenvalue weighted by atomic mass is 10.1. The average Bonchev–Trinajstić information content (AvgIpc) is 3.29. The van der Waals surface area contributed by atoms with E-state index in [1.807, 2.05) is 0 Å². The van der Waals surface area contributed by atoms with E-state index >= 15 is 0 Å². The van der Waals surface area contributed by atoms with Gasteiger partial charge in [-0.05, 0) is 31.0 Å². The third kappa shape index (κ3) is 8.18. The summed E-state index contributed by atoms with van der Waals surface area (Å²) in [5.74, 6) is -3.53. The van der Waals surface area contributed by atoms with Gasteiger partial charge in [0.2, 0.25) is 17.7 Å². The van der Waals surface area contributed by atoms with E-state index in [9.17, 15) is 34.5 Å². The van der Waals surface area contributed by atoms with Gasteiger partial charge in [-0.2, -0.15) is 0 Å². The number of imidazole rings is 1. The van der Waals surface area contributed by atoms with Gasteiger partial charge in [-0.3, -0.25) is 14.4 Å². The minimum absolute atomic E-state index is 0.0679. The topological polar surface area (TPSA) is 220 Å². The van der Waals surface area contributed by atoms with Gasteiger partial charge in [0.05, 0.1) is 30.7 Å². The summed E-state index contributed by atoms with van der Waals surface area (Å²) in [4.78, 5) is 55.2. The van der Waals surface area contributed by atoms with Gasteiger partial charge in [0, 0.05) is 12.6 Å². The van der Waals surface area contributed by atoms with E-state index in [0.717, 1.165) is 0 Å². The molecule has 2 rings (SSSR count). The van der Waals surface area contributed by atoms with Crippen molar-refractivity contribution >= 4 is 23.7 Å². The first-order chi connectivity index (χ1) is 16.1. The van der Waals surface area contributed by atoms with Crippen molar-refractivity contribution in [3.63, 3.8) is 0 Å². The van der Waals surface area contributed by atoms with Gasteiger partial charge in [0.15, 0.2) is 6.04 Å². The van der Waals surface area contributed by atoms with Gasteiger partial charge >= 0.3 is 5.97 Å². The molecule has 184 valence electrons. The quantitative estimate of drug-likeness (QED) is 0.166. The highest BCUT2D eigenvalue weighted by molar-refractivity contribution is 5.92. The maximum absolute atomic E-state index is 12.6. The van der Waals surface area contributed by atoms with Crippen LogP contribution in [0.1, 0.15) is 18.2 Å². The lowest BCUT2D eigenvalue weighted by molar-refractivity contribution is -0.145. The molecule has 13 heteroatoms. The van der Waals surface area contributed by atoms with Crippen LogP contribution in [-0.4, -0.2) is 79.8 Å². The summed E-state index contributed by atoms with van der Waals surface area (Å²) in [6.45, 7) is 0.725. The number of H-pyrrole nitrogens is 1. The average molecular weight is 476 g/mol. The summed E-state index contributed by atoms with van der Waals surface area (Å²) in [5.41, 5.74) is 7.00. The third-order valence-corrected chi connectivity index (χ3v) is 4.82. The van der Waals surface area contributed by atoms with Crippen molar-refractivity contribution in [3.8, 4) is 5.75 Å². The fourth-order valence-electron chi connectivity index (χ4n) is 2.99. The van der Waals surface area contributed by atoms with Crippen molar-refractivity contribution in [2.45, 2.75) is 44.0 Å². The van der Waals surface area contributed by atoms with Gasteiger partial charge in [-0.25, -0.2) is 9.78 Å². The number of nitrogens with zero attached hydrogens (tertiary/aromatic N) is 1. The number of aromatic hydroxyl groups is 1. The Morgan fingerprint density at radius 1 is 1.09 bits per heavy atom. The number of carbonyl (C=O) groups is 4. The largest absolute Gasteiger partial charge is 0.508 e. The lowest BCUT2D eigenvalue weighted by Crippen LogP contribution is -2.56. The highest BCUT2D eigenvalue weighted by Crippen LogP contribution is 2.10. The van der Waals surface area contributed by atoms with Gasteiger partial charge in [-0.1, -0.05) is 12.1 Å². The first-order valence-electron chi connectivity index (χ1n) is 10.4. The normalized spacial score (nSPS) is 14.3. The molecule has 34 heavy (non-hydrogen) atoms.